The summed E-state index contributed by atoms with van der Waals surface area (Å²) >= 11 is 6.45. The van der Waals surface area contributed by atoms with E-state index in [1.807, 2.05) is 72.8 Å². The average molecular weight is 498 g/mol. The van der Waals surface area contributed by atoms with Gasteiger partial charge < -0.3 is 0 Å². The maximum atomic E-state index is 8.83. The fraction of sp³-hybridized carbons (Fsp3) is 0. The van der Waals surface area contributed by atoms with Crippen LogP contribution in [0.5, 0.6) is 0 Å². The van der Waals surface area contributed by atoms with Crippen LogP contribution in [-0.2, 0) is 0 Å². The van der Waals surface area contributed by atoms with Gasteiger partial charge in [-0.05, 0) is 67.2 Å². The first-order chi connectivity index (χ1) is 19.9. The van der Waals surface area contributed by atoms with E-state index in [0.717, 1.165) is 32.3 Å². The fourth-order valence-corrected chi connectivity index (χ4v) is 4.93. The van der Waals surface area contributed by atoms with Crippen LogP contribution in [0, 0.1) is 0 Å². The van der Waals surface area contributed by atoms with Crippen LogP contribution >= 0.6 is 11.6 Å². The van der Waals surface area contributed by atoms with E-state index in [9.17, 15) is 0 Å². The van der Waals surface area contributed by atoms with Crippen LogP contribution in [0.3, 0.4) is 0 Å². The highest BCUT2D eigenvalue weighted by Crippen LogP contribution is 2.34. The standard InChI is InChI=1S/C33H20ClN3/c34-33-36-31(26-18-16-23-15-14-22-8-3-4-10-27(22)30(23)20-26)35-32(37-33)29-12-6-5-11-28(29)25-17-13-21-7-1-2-9-24(21)19-25/h1-20H/i5D,6D,11D,12D. The van der Waals surface area contributed by atoms with Gasteiger partial charge in [-0.1, -0.05) is 109 Å². The molecule has 0 radical (unpaired) electrons. The number of halogens is 1. The summed E-state index contributed by atoms with van der Waals surface area (Å²) < 4.78 is 34.4. The minimum Gasteiger partial charge on any atom is -0.208 e. The van der Waals surface area contributed by atoms with Crippen LogP contribution in [0.15, 0.2) is 121 Å². The highest BCUT2D eigenvalue weighted by atomic mass is 35.5. The molecular formula is C33H20ClN3. The van der Waals surface area contributed by atoms with Crippen molar-refractivity contribution >= 4 is 43.9 Å². The van der Waals surface area contributed by atoms with Gasteiger partial charge in [0.25, 0.3) is 0 Å². The molecule has 6 aromatic carbocycles. The quantitative estimate of drug-likeness (QED) is 0.228. The number of fused-ring (bicyclic) bond motifs is 4. The Morgan fingerprint density at radius 2 is 1.14 bits per heavy atom. The van der Waals surface area contributed by atoms with Gasteiger partial charge in [-0.15, -0.1) is 0 Å². The highest BCUT2D eigenvalue weighted by Gasteiger charge is 2.15. The van der Waals surface area contributed by atoms with Crippen LogP contribution in [0.1, 0.15) is 5.48 Å². The first-order valence-corrected chi connectivity index (χ1v) is 12.2. The highest BCUT2D eigenvalue weighted by molar-refractivity contribution is 6.28. The van der Waals surface area contributed by atoms with Crippen molar-refractivity contribution in [1.82, 2.24) is 15.0 Å². The van der Waals surface area contributed by atoms with Gasteiger partial charge in [0.15, 0.2) is 11.6 Å². The maximum absolute atomic E-state index is 8.83. The summed E-state index contributed by atoms with van der Waals surface area (Å²) in [6, 6.07) is 30.6. The van der Waals surface area contributed by atoms with Gasteiger partial charge in [-0.2, -0.15) is 9.97 Å². The summed E-state index contributed by atoms with van der Waals surface area (Å²) in [4.78, 5) is 13.5. The zero-order chi connectivity index (χ0) is 28.2. The van der Waals surface area contributed by atoms with E-state index in [1.165, 1.54) is 0 Å². The third-order valence-electron chi connectivity index (χ3n) is 6.56. The molecule has 7 aromatic rings. The zero-order valence-electron chi connectivity index (χ0n) is 23.5. The van der Waals surface area contributed by atoms with Crippen molar-refractivity contribution in [2.45, 2.75) is 0 Å². The Labute approximate surface area is 224 Å². The minimum atomic E-state index is -0.371. The zero-order valence-corrected chi connectivity index (χ0v) is 20.2. The van der Waals surface area contributed by atoms with Gasteiger partial charge in [-0.25, -0.2) is 4.98 Å². The number of hydrogen-bond donors (Lipinski definition) is 0. The van der Waals surface area contributed by atoms with E-state index in [2.05, 4.69) is 34.2 Å². The van der Waals surface area contributed by atoms with E-state index in [0.29, 0.717) is 22.5 Å². The van der Waals surface area contributed by atoms with Crippen molar-refractivity contribution in [3.8, 4) is 33.9 Å². The summed E-state index contributed by atoms with van der Waals surface area (Å²) in [6.45, 7) is 0. The van der Waals surface area contributed by atoms with Gasteiger partial charge in [-0.3, -0.25) is 0 Å². The number of aromatic nitrogens is 3. The van der Waals surface area contributed by atoms with Gasteiger partial charge in [0, 0.05) is 11.1 Å². The predicted molar refractivity (Wildman–Crippen MR) is 154 cm³/mol. The lowest BCUT2D eigenvalue weighted by Gasteiger charge is -2.11. The molecule has 7 rings (SSSR count). The Morgan fingerprint density at radius 1 is 0.514 bits per heavy atom. The monoisotopic (exact) mass is 497 g/mol. The van der Waals surface area contributed by atoms with Gasteiger partial charge in [0.2, 0.25) is 5.28 Å². The molecule has 0 saturated heterocycles. The Morgan fingerprint density at radius 3 is 2.00 bits per heavy atom. The topological polar surface area (TPSA) is 38.7 Å². The lowest BCUT2D eigenvalue weighted by molar-refractivity contribution is 1.07. The van der Waals surface area contributed by atoms with Crippen LogP contribution in [0.4, 0.5) is 0 Å². The normalized spacial score (nSPS) is 12.9. The molecule has 3 nitrogen and oxygen atoms in total. The summed E-state index contributed by atoms with van der Waals surface area (Å²) in [5, 5.41) is 6.23. The van der Waals surface area contributed by atoms with E-state index >= 15 is 0 Å². The molecule has 1 aromatic heterocycles. The van der Waals surface area contributed by atoms with Crippen LogP contribution < -0.4 is 0 Å². The van der Waals surface area contributed by atoms with Crippen LogP contribution in [0.25, 0.3) is 66.2 Å². The van der Waals surface area contributed by atoms with Crippen LogP contribution in [-0.4, -0.2) is 15.0 Å². The molecule has 1 heterocycles. The van der Waals surface area contributed by atoms with Crippen molar-refractivity contribution in [3.63, 3.8) is 0 Å². The number of hydrogen-bond acceptors (Lipinski definition) is 3. The molecule has 174 valence electrons. The lowest BCUT2D eigenvalue weighted by Crippen LogP contribution is -1.98. The second-order valence-corrected chi connectivity index (χ2v) is 9.12. The molecule has 0 bridgehead atoms. The van der Waals surface area contributed by atoms with Gasteiger partial charge in [0.1, 0.15) is 0 Å². The smallest absolute Gasteiger partial charge is 0.208 e. The molecule has 0 atom stereocenters. The fourth-order valence-electron chi connectivity index (χ4n) is 4.77. The molecule has 0 fully saturated rings. The maximum Gasteiger partial charge on any atom is 0.226 e. The van der Waals surface area contributed by atoms with Crippen molar-refractivity contribution in [1.29, 1.82) is 0 Å². The van der Waals surface area contributed by atoms with Crippen molar-refractivity contribution in [3.05, 3.63) is 127 Å². The summed E-state index contributed by atoms with van der Waals surface area (Å²) in [5.74, 6) is 0.389. The summed E-state index contributed by atoms with van der Waals surface area (Å²) in [7, 11) is 0. The minimum absolute atomic E-state index is 0.0695. The molecule has 0 unspecified atom stereocenters. The van der Waals surface area contributed by atoms with Gasteiger partial charge >= 0.3 is 0 Å². The summed E-state index contributed by atoms with van der Waals surface area (Å²) in [5.41, 5.74) is 1.82. The van der Waals surface area contributed by atoms with E-state index < -0.39 is 0 Å². The number of nitrogens with zero attached hydrogens (tertiary/aromatic N) is 3. The Hall–Kier alpha value is -4.60. The third kappa shape index (κ3) is 3.90. The molecule has 0 aliphatic carbocycles. The molecule has 0 saturated carbocycles. The first kappa shape index (κ1) is 17.8. The number of rotatable bonds is 3. The first-order valence-electron chi connectivity index (χ1n) is 13.8. The lowest BCUT2D eigenvalue weighted by atomic mass is 9.96. The molecular weight excluding hydrogens is 474 g/mol. The Balaban J connectivity index is 1.47. The SMILES string of the molecule is [2H]c1c([2H])c([2H])c(-c2nc(Cl)nc(-c3ccc4ccc5ccccc5c4c3)n2)c(-c2ccc3ccccc3c2)c1[2H]. The van der Waals surface area contributed by atoms with Crippen molar-refractivity contribution in [2.24, 2.45) is 0 Å². The van der Waals surface area contributed by atoms with Gasteiger partial charge in [0.05, 0.1) is 5.48 Å². The largest absolute Gasteiger partial charge is 0.226 e. The third-order valence-corrected chi connectivity index (χ3v) is 6.73. The Kier molecular flexibility index (Phi) is 4.23. The van der Waals surface area contributed by atoms with Crippen LogP contribution in [0.2, 0.25) is 5.28 Å². The molecule has 4 heteroatoms. The van der Waals surface area contributed by atoms with Crippen molar-refractivity contribution in [2.75, 3.05) is 0 Å². The molecule has 0 amide bonds. The molecule has 0 aliphatic heterocycles. The molecule has 37 heavy (non-hydrogen) atoms. The second kappa shape index (κ2) is 8.81. The number of benzene rings is 6. The summed E-state index contributed by atoms with van der Waals surface area (Å²) in [6.07, 6.45) is 0. The van der Waals surface area contributed by atoms with E-state index in [1.54, 1.807) is 0 Å². The second-order valence-electron chi connectivity index (χ2n) is 8.79. The predicted octanol–water partition coefficient (Wildman–Crippen LogP) is 8.99. The molecule has 0 spiro atoms. The Bertz CT molecular complexity index is 2180. The van der Waals surface area contributed by atoms with E-state index in [4.69, 9.17) is 22.1 Å². The van der Waals surface area contributed by atoms with E-state index in [-0.39, 0.29) is 40.8 Å². The van der Waals surface area contributed by atoms with Crippen molar-refractivity contribution < 1.29 is 5.48 Å². The molecule has 0 N–H and O–H groups in total. The average Bonchev–Trinajstić information content (AvgIpc) is 3.00. The molecule has 0 aliphatic rings.